The van der Waals surface area contributed by atoms with Gasteiger partial charge in [-0.25, -0.2) is 0 Å². The Morgan fingerprint density at radius 1 is 1.22 bits per heavy atom. The predicted molar refractivity (Wildman–Crippen MR) is 75.8 cm³/mol. The lowest BCUT2D eigenvalue weighted by molar-refractivity contribution is -0.0594. The summed E-state index contributed by atoms with van der Waals surface area (Å²) >= 11 is 0. The van der Waals surface area contributed by atoms with Crippen LogP contribution in [0.2, 0.25) is 0 Å². The number of nitrogens with zero attached hydrogens (tertiary/aromatic N) is 1. The first kappa shape index (κ1) is 14.3. The average molecular weight is 254 g/mol. The molecule has 1 saturated carbocycles. The SMILES string of the molecule is CC(C)CNCC(C)CN1CCOC2CCCC21. The summed E-state index contributed by atoms with van der Waals surface area (Å²) < 4.78 is 5.87. The van der Waals surface area contributed by atoms with Crippen LogP contribution >= 0.6 is 0 Å². The minimum absolute atomic E-state index is 0.537. The third kappa shape index (κ3) is 3.94. The van der Waals surface area contributed by atoms with Gasteiger partial charge in [0.2, 0.25) is 0 Å². The third-order valence-electron chi connectivity index (χ3n) is 4.19. The van der Waals surface area contributed by atoms with E-state index in [1.54, 1.807) is 0 Å². The third-order valence-corrected chi connectivity index (χ3v) is 4.19. The summed E-state index contributed by atoms with van der Waals surface area (Å²) in [7, 11) is 0. The zero-order chi connectivity index (χ0) is 13.0. The number of morpholine rings is 1. The maximum atomic E-state index is 5.87. The normalized spacial score (nSPS) is 30.7. The molecule has 18 heavy (non-hydrogen) atoms. The zero-order valence-electron chi connectivity index (χ0n) is 12.3. The van der Waals surface area contributed by atoms with Crippen LogP contribution in [0.1, 0.15) is 40.0 Å². The van der Waals surface area contributed by atoms with Crippen molar-refractivity contribution in [3.05, 3.63) is 0 Å². The monoisotopic (exact) mass is 254 g/mol. The second-order valence-corrected chi connectivity index (χ2v) is 6.56. The van der Waals surface area contributed by atoms with Crippen LogP contribution in [0.25, 0.3) is 0 Å². The van der Waals surface area contributed by atoms with E-state index in [0.717, 1.165) is 38.1 Å². The second kappa shape index (κ2) is 6.88. The molecule has 3 heteroatoms. The number of nitrogens with one attached hydrogen (secondary N) is 1. The molecule has 1 heterocycles. The van der Waals surface area contributed by atoms with E-state index in [0.29, 0.717) is 12.1 Å². The average Bonchev–Trinajstić information content (AvgIpc) is 2.77. The summed E-state index contributed by atoms with van der Waals surface area (Å²) in [5, 5.41) is 3.58. The minimum Gasteiger partial charge on any atom is -0.375 e. The van der Waals surface area contributed by atoms with Crippen molar-refractivity contribution < 1.29 is 4.74 Å². The van der Waals surface area contributed by atoms with E-state index in [1.165, 1.54) is 25.8 Å². The van der Waals surface area contributed by atoms with Gasteiger partial charge in [0, 0.05) is 19.1 Å². The Bertz CT molecular complexity index is 245. The van der Waals surface area contributed by atoms with Gasteiger partial charge in [0.05, 0.1) is 12.7 Å². The van der Waals surface area contributed by atoms with Crippen molar-refractivity contribution in [2.24, 2.45) is 11.8 Å². The lowest BCUT2D eigenvalue weighted by Crippen LogP contribution is -2.50. The van der Waals surface area contributed by atoms with Gasteiger partial charge in [-0.2, -0.15) is 0 Å². The van der Waals surface area contributed by atoms with Gasteiger partial charge in [-0.15, -0.1) is 0 Å². The van der Waals surface area contributed by atoms with Crippen LogP contribution in [0, 0.1) is 11.8 Å². The van der Waals surface area contributed by atoms with Gasteiger partial charge in [0.1, 0.15) is 0 Å². The van der Waals surface area contributed by atoms with Crippen LogP contribution in [-0.4, -0.2) is 49.8 Å². The molecular weight excluding hydrogens is 224 g/mol. The molecule has 3 unspecified atom stereocenters. The Hall–Kier alpha value is -0.120. The molecule has 3 nitrogen and oxygen atoms in total. The molecule has 106 valence electrons. The van der Waals surface area contributed by atoms with Crippen LogP contribution in [0.4, 0.5) is 0 Å². The molecule has 1 saturated heterocycles. The summed E-state index contributed by atoms with van der Waals surface area (Å²) in [6.07, 6.45) is 4.51. The molecule has 1 aliphatic heterocycles. The molecular formula is C15H30N2O. The molecule has 2 fully saturated rings. The number of hydrogen-bond acceptors (Lipinski definition) is 3. The maximum absolute atomic E-state index is 5.87. The Morgan fingerprint density at radius 2 is 2.06 bits per heavy atom. The van der Waals surface area contributed by atoms with Gasteiger partial charge in [-0.3, -0.25) is 4.90 Å². The first-order valence-corrected chi connectivity index (χ1v) is 7.73. The minimum atomic E-state index is 0.537. The molecule has 2 aliphatic rings. The lowest BCUT2D eigenvalue weighted by Gasteiger charge is -2.39. The summed E-state index contributed by atoms with van der Waals surface area (Å²) in [4.78, 5) is 2.68. The molecule has 0 bridgehead atoms. The van der Waals surface area contributed by atoms with E-state index in [9.17, 15) is 0 Å². The van der Waals surface area contributed by atoms with Crippen molar-refractivity contribution in [3.8, 4) is 0 Å². The smallest absolute Gasteiger partial charge is 0.0730 e. The number of fused-ring (bicyclic) bond motifs is 1. The van der Waals surface area contributed by atoms with E-state index in [2.05, 4.69) is 31.0 Å². The largest absolute Gasteiger partial charge is 0.375 e. The van der Waals surface area contributed by atoms with Crippen molar-refractivity contribution in [2.45, 2.75) is 52.2 Å². The van der Waals surface area contributed by atoms with E-state index in [-0.39, 0.29) is 0 Å². The Balaban J connectivity index is 1.70. The molecule has 0 amide bonds. The lowest BCUT2D eigenvalue weighted by atomic mass is 10.1. The Kier molecular flexibility index (Phi) is 5.46. The van der Waals surface area contributed by atoms with E-state index in [4.69, 9.17) is 4.74 Å². The van der Waals surface area contributed by atoms with Crippen molar-refractivity contribution >= 4 is 0 Å². The van der Waals surface area contributed by atoms with E-state index >= 15 is 0 Å². The molecule has 1 N–H and O–H groups in total. The molecule has 2 rings (SSSR count). The summed E-state index contributed by atoms with van der Waals surface area (Å²) in [5.74, 6) is 1.49. The first-order chi connectivity index (χ1) is 8.66. The van der Waals surface area contributed by atoms with Gasteiger partial charge in [0.25, 0.3) is 0 Å². The first-order valence-electron chi connectivity index (χ1n) is 7.73. The molecule has 1 aliphatic carbocycles. The Labute approximate surface area is 112 Å². The molecule has 3 atom stereocenters. The highest BCUT2D eigenvalue weighted by atomic mass is 16.5. The van der Waals surface area contributed by atoms with Crippen LogP contribution in [-0.2, 0) is 4.74 Å². The highest BCUT2D eigenvalue weighted by Crippen LogP contribution is 2.29. The van der Waals surface area contributed by atoms with Gasteiger partial charge in [-0.1, -0.05) is 20.8 Å². The fraction of sp³-hybridized carbons (Fsp3) is 1.00. The van der Waals surface area contributed by atoms with Crippen molar-refractivity contribution in [3.63, 3.8) is 0 Å². The van der Waals surface area contributed by atoms with Gasteiger partial charge < -0.3 is 10.1 Å². The quantitative estimate of drug-likeness (QED) is 0.786. The standard InChI is InChI=1S/C15H30N2O/c1-12(2)9-16-10-13(3)11-17-7-8-18-15-6-4-5-14(15)17/h12-16H,4-11H2,1-3H3. The highest BCUT2D eigenvalue weighted by molar-refractivity contribution is 4.89. The van der Waals surface area contributed by atoms with E-state index in [1.807, 2.05) is 0 Å². The van der Waals surface area contributed by atoms with Crippen molar-refractivity contribution in [2.75, 3.05) is 32.8 Å². The molecule has 0 spiro atoms. The van der Waals surface area contributed by atoms with Crippen LogP contribution in [0.15, 0.2) is 0 Å². The predicted octanol–water partition coefficient (Wildman–Crippen LogP) is 2.12. The number of ether oxygens (including phenoxy) is 1. The van der Waals surface area contributed by atoms with Crippen LogP contribution < -0.4 is 5.32 Å². The maximum Gasteiger partial charge on any atom is 0.0730 e. The topological polar surface area (TPSA) is 24.5 Å². The van der Waals surface area contributed by atoms with Crippen LogP contribution in [0.5, 0.6) is 0 Å². The summed E-state index contributed by atoms with van der Waals surface area (Å²) in [5.41, 5.74) is 0. The summed E-state index contributed by atoms with van der Waals surface area (Å²) in [6.45, 7) is 12.5. The van der Waals surface area contributed by atoms with Gasteiger partial charge >= 0.3 is 0 Å². The fourth-order valence-electron chi connectivity index (χ4n) is 3.32. The fourth-order valence-corrected chi connectivity index (χ4v) is 3.32. The van der Waals surface area contributed by atoms with E-state index < -0.39 is 0 Å². The van der Waals surface area contributed by atoms with Gasteiger partial charge in [0.15, 0.2) is 0 Å². The number of rotatable bonds is 6. The zero-order valence-corrected chi connectivity index (χ0v) is 12.3. The van der Waals surface area contributed by atoms with Crippen LogP contribution in [0.3, 0.4) is 0 Å². The van der Waals surface area contributed by atoms with Gasteiger partial charge in [-0.05, 0) is 44.2 Å². The van der Waals surface area contributed by atoms with Crippen molar-refractivity contribution in [1.82, 2.24) is 10.2 Å². The Morgan fingerprint density at radius 3 is 2.83 bits per heavy atom. The molecule has 0 aromatic heterocycles. The molecule has 0 radical (unpaired) electrons. The highest BCUT2D eigenvalue weighted by Gasteiger charge is 2.36. The molecule has 0 aromatic carbocycles. The number of hydrogen-bond donors (Lipinski definition) is 1. The second-order valence-electron chi connectivity index (χ2n) is 6.56. The molecule has 0 aromatic rings. The summed E-state index contributed by atoms with van der Waals surface area (Å²) in [6, 6.07) is 0.714. The van der Waals surface area contributed by atoms with Crippen molar-refractivity contribution in [1.29, 1.82) is 0 Å².